The first kappa shape index (κ1) is 10.3. The van der Waals surface area contributed by atoms with Gasteiger partial charge in [0.1, 0.15) is 5.76 Å². The van der Waals surface area contributed by atoms with E-state index in [1.807, 2.05) is 33.8 Å². The zero-order valence-electron chi connectivity index (χ0n) is 8.72. The van der Waals surface area contributed by atoms with Crippen molar-refractivity contribution in [1.82, 2.24) is 0 Å². The van der Waals surface area contributed by atoms with Crippen LogP contribution in [0.1, 0.15) is 39.0 Å². The molecule has 74 valence electrons. The Morgan fingerprint density at radius 3 is 1.92 bits per heavy atom. The summed E-state index contributed by atoms with van der Waals surface area (Å²) < 4.78 is 5.35. The van der Waals surface area contributed by atoms with Crippen molar-refractivity contribution in [2.45, 2.75) is 38.8 Å². The molecule has 0 aliphatic rings. The van der Waals surface area contributed by atoms with Crippen molar-refractivity contribution in [3.8, 4) is 0 Å². The number of hydrogen-bond donors (Lipinski definition) is 2. The van der Waals surface area contributed by atoms with Crippen LogP contribution in [0, 0.1) is 0 Å². The van der Waals surface area contributed by atoms with Crippen molar-refractivity contribution < 1.29 is 4.42 Å². The predicted molar refractivity (Wildman–Crippen MR) is 53.1 cm³/mol. The summed E-state index contributed by atoms with van der Waals surface area (Å²) in [5.74, 6) is 0.764. The Kier molecular flexibility index (Phi) is 2.26. The molecule has 0 fully saturated rings. The number of hydrogen-bond acceptors (Lipinski definition) is 3. The average Bonchev–Trinajstić information content (AvgIpc) is 2.27. The first-order valence-electron chi connectivity index (χ1n) is 4.39. The highest BCUT2D eigenvalue weighted by molar-refractivity contribution is 5.29. The molecule has 0 spiro atoms. The fourth-order valence-electron chi connectivity index (χ4n) is 1.32. The molecular weight excluding hydrogens is 164 g/mol. The third kappa shape index (κ3) is 2.11. The highest BCUT2D eigenvalue weighted by atomic mass is 16.3. The van der Waals surface area contributed by atoms with Crippen LogP contribution >= 0.6 is 0 Å². The van der Waals surface area contributed by atoms with Gasteiger partial charge >= 0.3 is 0 Å². The SMILES string of the molecule is CC(C)(N)c1ccoc1C(C)(C)N. The molecule has 0 saturated carbocycles. The molecule has 3 heteroatoms. The van der Waals surface area contributed by atoms with Crippen LogP contribution in [0.3, 0.4) is 0 Å². The van der Waals surface area contributed by atoms with E-state index in [1.54, 1.807) is 6.26 Å². The quantitative estimate of drug-likeness (QED) is 0.731. The van der Waals surface area contributed by atoms with Crippen molar-refractivity contribution in [1.29, 1.82) is 0 Å². The lowest BCUT2D eigenvalue weighted by molar-refractivity contribution is 0.376. The maximum Gasteiger partial charge on any atom is 0.128 e. The molecule has 0 aliphatic carbocycles. The monoisotopic (exact) mass is 182 g/mol. The molecule has 0 unspecified atom stereocenters. The number of rotatable bonds is 2. The zero-order chi connectivity index (χ0) is 10.3. The first-order valence-corrected chi connectivity index (χ1v) is 4.39. The molecule has 3 nitrogen and oxygen atoms in total. The Labute approximate surface area is 79.1 Å². The van der Waals surface area contributed by atoms with Crippen LogP contribution in [-0.4, -0.2) is 0 Å². The van der Waals surface area contributed by atoms with E-state index in [2.05, 4.69) is 0 Å². The lowest BCUT2D eigenvalue weighted by Crippen LogP contribution is -2.35. The molecule has 4 N–H and O–H groups in total. The summed E-state index contributed by atoms with van der Waals surface area (Å²) in [5.41, 5.74) is 12.0. The van der Waals surface area contributed by atoms with Crippen molar-refractivity contribution >= 4 is 0 Å². The normalized spacial score (nSPS) is 13.4. The van der Waals surface area contributed by atoms with E-state index in [0.29, 0.717) is 0 Å². The van der Waals surface area contributed by atoms with E-state index < -0.39 is 11.1 Å². The van der Waals surface area contributed by atoms with Crippen LogP contribution in [0.4, 0.5) is 0 Å². The van der Waals surface area contributed by atoms with E-state index in [9.17, 15) is 0 Å². The van der Waals surface area contributed by atoms with Gasteiger partial charge in [-0.25, -0.2) is 0 Å². The maximum atomic E-state index is 5.98. The second-order valence-corrected chi connectivity index (χ2v) is 4.61. The summed E-state index contributed by atoms with van der Waals surface area (Å²) >= 11 is 0. The van der Waals surface area contributed by atoms with Gasteiger partial charge in [-0.05, 0) is 33.8 Å². The summed E-state index contributed by atoms with van der Waals surface area (Å²) in [6, 6.07) is 1.88. The van der Waals surface area contributed by atoms with Gasteiger partial charge in [0, 0.05) is 11.1 Å². The van der Waals surface area contributed by atoms with Crippen LogP contribution in [0.25, 0.3) is 0 Å². The van der Waals surface area contributed by atoms with Gasteiger partial charge < -0.3 is 15.9 Å². The van der Waals surface area contributed by atoms with Crippen LogP contribution < -0.4 is 11.5 Å². The van der Waals surface area contributed by atoms with Gasteiger partial charge in [-0.2, -0.15) is 0 Å². The van der Waals surface area contributed by atoms with Gasteiger partial charge in [0.2, 0.25) is 0 Å². The van der Waals surface area contributed by atoms with E-state index in [0.717, 1.165) is 11.3 Å². The summed E-state index contributed by atoms with van der Waals surface area (Å²) in [5, 5.41) is 0. The number of furan rings is 1. The molecular formula is C10H18N2O. The van der Waals surface area contributed by atoms with Gasteiger partial charge in [-0.15, -0.1) is 0 Å². The molecule has 1 aromatic rings. The predicted octanol–water partition coefficient (Wildman–Crippen LogP) is 1.67. The van der Waals surface area contributed by atoms with E-state index in [1.165, 1.54) is 0 Å². The van der Waals surface area contributed by atoms with Gasteiger partial charge in [-0.1, -0.05) is 0 Å². The van der Waals surface area contributed by atoms with Crippen LogP contribution in [-0.2, 0) is 11.1 Å². The Hall–Kier alpha value is -0.800. The van der Waals surface area contributed by atoms with Gasteiger partial charge in [0.15, 0.2) is 0 Å². The van der Waals surface area contributed by atoms with E-state index in [4.69, 9.17) is 15.9 Å². The Morgan fingerprint density at radius 1 is 1.08 bits per heavy atom. The molecule has 0 bridgehead atoms. The Morgan fingerprint density at radius 2 is 1.62 bits per heavy atom. The van der Waals surface area contributed by atoms with Crippen LogP contribution in [0.2, 0.25) is 0 Å². The Bertz CT molecular complexity index is 260. The fraction of sp³-hybridized carbons (Fsp3) is 0.600. The molecule has 0 atom stereocenters. The summed E-state index contributed by atoms with van der Waals surface area (Å²) in [7, 11) is 0. The molecule has 13 heavy (non-hydrogen) atoms. The van der Waals surface area contributed by atoms with Gasteiger partial charge in [0.05, 0.1) is 11.8 Å². The second kappa shape index (κ2) is 2.86. The maximum absolute atomic E-state index is 5.98. The highest BCUT2D eigenvalue weighted by Gasteiger charge is 2.28. The van der Waals surface area contributed by atoms with Crippen molar-refractivity contribution in [3.05, 3.63) is 23.7 Å². The highest BCUT2D eigenvalue weighted by Crippen LogP contribution is 2.29. The fourth-order valence-corrected chi connectivity index (χ4v) is 1.32. The smallest absolute Gasteiger partial charge is 0.128 e. The first-order chi connectivity index (χ1) is 5.73. The van der Waals surface area contributed by atoms with Crippen LogP contribution in [0.5, 0.6) is 0 Å². The summed E-state index contributed by atoms with van der Waals surface area (Å²) in [4.78, 5) is 0. The molecule has 0 aromatic carbocycles. The van der Waals surface area contributed by atoms with E-state index in [-0.39, 0.29) is 0 Å². The third-order valence-corrected chi connectivity index (χ3v) is 1.94. The largest absolute Gasteiger partial charge is 0.467 e. The minimum atomic E-state index is -0.477. The second-order valence-electron chi connectivity index (χ2n) is 4.61. The van der Waals surface area contributed by atoms with Gasteiger partial charge in [0.25, 0.3) is 0 Å². The molecule has 1 aromatic heterocycles. The van der Waals surface area contributed by atoms with Crippen LogP contribution in [0.15, 0.2) is 16.7 Å². The number of nitrogens with two attached hydrogens (primary N) is 2. The molecule has 0 saturated heterocycles. The minimum Gasteiger partial charge on any atom is -0.467 e. The molecule has 0 radical (unpaired) electrons. The zero-order valence-corrected chi connectivity index (χ0v) is 8.72. The minimum absolute atomic E-state index is 0.404. The third-order valence-electron chi connectivity index (χ3n) is 1.94. The average molecular weight is 182 g/mol. The summed E-state index contributed by atoms with van der Waals surface area (Å²) in [6.45, 7) is 7.68. The topological polar surface area (TPSA) is 65.2 Å². The summed E-state index contributed by atoms with van der Waals surface area (Å²) in [6.07, 6.45) is 1.63. The Balaban J connectivity index is 3.19. The lowest BCUT2D eigenvalue weighted by atomic mass is 9.89. The van der Waals surface area contributed by atoms with E-state index >= 15 is 0 Å². The van der Waals surface area contributed by atoms with Crippen molar-refractivity contribution in [2.24, 2.45) is 11.5 Å². The molecule has 0 aliphatic heterocycles. The molecule has 1 rings (SSSR count). The van der Waals surface area contributed by atoms with Gasteiger partial charge in [-0.3, -0.25) is 0 Å². The molecule has 0 amide bonds. The lowest BCUT2D eigenvalue weighted by Gasteiger charge is -2.24. The van der Waals surface area contributed by atoms with Crippen molar-refractivity contribution in [2.75, 3.05) is 0 Å². The standard InChI is InChI=1S/C10H18N2O/c1-9(2,11)7-5-6-13-8(7)10(3,4)12/h5-6H,11-12H2,1-4H3. The van der Waals surface area contributed by atoms with Crippen molar-refractivity contribution in [3.63, 3.8) is 0 Å². The molecule has 1 heterocycles.